The number of likely N-dealkylation sites (tertiary alicyclic amines) is 1. The van der Waals surface area contributed by atoms with E-state index < -0.39 is 0 Å². The van der Waals surface area contributed by atoms with Crippen LogP contribution < -0.4 is 10.1 Å². The molecule has 1 fully saturated rings. The van der Waals surface area contributed by atoms with Crippen molar-refractivity contribution in [3.8, 4) is 5.75 Å². The topological polar surface area (TPSA) is 41.6 Å². The third-order valence-corrected chi connectivity index (χ3v) is 4.18. The molecule has 1 aromatic carbocycles. The summed E-state index contributed by atoms with van der Waals surface area (Å²) in [5.41, 5.74) is 1.86. The fourth-order valence-corrected chi connectivity index (χ4v) is 2.80. The van der Waals surface area contributed by atoms with E-state index in [1.165, 1.54) is 25.7 Å². The van der Waals surface area contributed by atoms with Gasteiger partial charge in [-0.25, -0.2) is 0 Å². The summed E-state index contributed by atoms with van der Waals surface area (Å²) in [4.78, 5) is 14.8. The number of carbonyl (C=O) groups excluding carboxylic acids is 1. The number of hydrogen-bond acceptors (Lipinski definition) is 3. The Hall–Kier alpha value is -1.55. The van der Waals surface area contributed by atoms with E-state index in [9.17, 15) is 4.79 Å². The molecular formula is C17H26N2O2. The van der Waals surface area contributed by atoms with Crippen molar-refractivity contribution >= 4 is 11.6 Å². The minimum atomic E-state index is -0.103. The SMILES string of the molecule is COc1ccc(C)cc1NC(=O)[C@@H](C)N1CCCCCC1. The van der Waals surface area contributed by atoms with Gasteiger partial charge in [0.25, 0.3) is 0 Å². The Morgan fingerprint density at radius 1 is 1.24 bits per heavy atom. The smallest absolute Gasteiger partial charge is 0.241 e. The van der Waals surface area contributed by atoms with Gasteiger partial charge in [-0.2, -0.15) is 0 Å². The summed E-state index contributed by atoms with van der Waals surface area (Å²) in [6.07, 6.45) is 4.92. The highest BCUT2D eigenvalue weighted by molar-refractivity contribution is 5.95. The van der Waals surface area contributed by atoms with Crippen LogP contribution in [0.3, 0.4) is 0 Å². The van der Waals surface area contributed by atoms with Gasteiger partial charge in [0.05, 0.1) is 18.8 Å². The summed E-state index contributed by atoms with van der Waals surface area (Å²) in [7, 11) is 1.62. The van der Waals surface area contributed by atoms with Gasteiger partial charge in [0, 0.05) is 0 Å². The number of nitrogens with one attached hydrogen (secondary N) is 1. The number of aryl methyl sites for hydroxylation is 1. The number of methoxy groups -OCH3 is 1. The highest BCUT2D eigenvalue weighted by atomic mass is 16.5. The average Bonchev–Trinajstić information content (AvgIpc) is 2.75. The molecule has 0 aromatic heterocycles. The highest BCUT2D eigenvalue weighted by Gasteiger charge is 2.22. The lowest BCUT2D eigenvalue weighted by Crippen LogP contribution is -2.42. The van der Waals surface area contributed by atoms with E-state index in [0.29, 0.717) is 5.75 Å². The average molecular weight is 290 g/mol. The van der Waals surface area contributed by atoms with Gasteiger partial charge in [-0.05, 0) is 57.5 Å². The number of nitrogens with zero attached hydrogens (tertiary/aromatic N) is 1. The molecule has 2 rings (SSSR count). The summed E-state index contributed by atoms with van der Waals surface area (Å²) in [6, 6.07) is 5.72. The van der Waals surface area contributed by atoms with Crippen LogP contribution in [0.25, 0.3) is 0 Å². The molecule has 0 unspecified atom stereocenters. The number of carbonyl (C=O) groups is 1. The predicted molar refractivity (Wildman–Crippen MR) is 85.9 cm³/mol. The van der Waals surface area contributed by atoms with Crippen LogP contribution in [0.1, 0.15) is 38.2 Å². The van der Waals surface area contributed by atoms with Crippen molar-refractivity contribution < 1.29 is 9.53 Å². The molecule has 1 saturated heterocycles. The Balaban J connectivity index is 2.04. The molecule has 0 aliphatic carbocycles. The Morgan fingerprint density at radius 3 is 2.52 bits per heavy atom. The zero-order valence-corrected chi connectivity index (χ0v) is 13.3. The van der Waals surface area contributed by atoms with Crippen LogP contribution in [0, 0.1) is 6.92 Å². The summed E-state index contributed by atoms with van der Waals surface area (Å²) in [5.74, 6) is 0.748. The molecule has 1 amide bonds. The first-order valence-electron chi connectivity index (χ1n) is 7.81. The van der Waals surface area contributed by atoms with Crippen molar-refractivity contribution in [2.24, 2.45) is 0 Å². The monoisotopic (exact) mass is 290 g/mol. The van der Waals surface area contributed by atoms with Gasteiger partial charge in [-0.1, -0.05) is 18.9 Å². The second-order valence-electron chi connectivity index (χ2n) is 5.82. The predicted octanol–water partition coefficient (Wildman–Crippen LogP) is 3.21. The number of benzene rings is 1. The van der Waals surface area contributed by atoms with Gasteiger partial charge in [-0.15, -0.1) is 0 Å². The number of rotatable bonds is 4. The maximum Gasteiger partial charge on any atom is 0.241 e. The largest absolute Gasteiger partial charge is 0.495 e. The van der Waals surface area contributed by atoms with Crippen molar-refractivity contribution in [1.29, 1.82) is 0 Å². The summed E-state index contributed by atoms with van der Waals surface area (Å²) >= 11 is 0. The maximum absolute atomic E-state index is 12.5. The fraction of sp³-hybridized carbons (Fsp3) is 0.588. The molecule has 4 nitrogen and oxygen atoms in total. The van der Waals surface area contributed by atoms with Gasteiger partial charge in [-0.3, -0.25) is 9.69 Å². The fourth-order valence-electron chi connectivity index (χ4n) is 2.80. The lowest BCUT2D eigenvalue weighted by Gasteiger charge is -2.26. The van der Waals surface area contributed by atoms with Crippen molar-refractivity contribution in [3.05, 3.63) is 23.8 Å². The van der Waals surface area contributed by atoms with Crippen molar-refractivity contribution in [1.82, 2.24) is 4.90 Å². The molecule has 0 radical (unpaired) electrons. The number of anilines is 1. The van der Waals surface area contributed by atoms with E-state index in [1.54, 1.807) is 7.11 Å². The van der Waals surface area contributed by atoms with Crippen LogP contribution in [0.4, 0.5) is 5.69 Å². The van der Waals surface area contributed by atoms with Crippen molar-refractivity contribution in [2.75, 3.05) is 25.5 Å². The minimum absolute atomic E-state index is 0.0424. The van der Waals surface area contributed by atoms with Gasteiger partial charge in [0.15, 0.2) is 0 Å². The van der Waals surface area contributed by atoms with Crippen molar-refractivity contribution in [2.45, 2.75) is 45.6 Å². The van der Waals surface area contributed by atoms with Crippen LogP contribution in [0.2, 0.25) is 0 Å². The summed E-state index contributed by atoms with van der Waals surface area (Å²) < 4.78 is 5.32. The lowest BCUT2D eigenvalue weighted by molar-refractivity contribution is -0.120. The second kappa shape index (κ2) is 7.46. The molecule has 0 spiro atoms. The van der Waals surface area contributed by atoms with E-state index in [4.69, 9.17) is 4.74 Å². The number of ether oxygens (including phenoxy) is 1. The zero-order chi connectivity index (χ0) is 15.2. The second-order valence-corrected chi connectivity index (χ2v) is 5.82. The van der Waals surface area contributed by atoms with Crippen molar-refractivity contribution in [3.63, 3.8) is 0 Å². The first-order valence-corrected chi connectivity index (χ1v) is 7.81. The Bertz CT molecular complexity index is 480. The molecule has 21 heavy (non-hydrogen) atoms. The molecule has 0 saturated carbocycles. The quantitative estimate of drug-likeness (QED) is 0.926. The Labute approximate surface area is 127 Å². The van der Waals surface area contributed by atoms with Gasteiger partial charge in [0.2, 0.25) is 5.91 Å². The Kier molecular flexibility index (Phi) is 5.62. The molecule has 1 atom stereocenters. The van der Waals surface area contributed by atoms with E-state index in [0.717, 1.165) is 24.3 Å². The minimum Gasteiger partial charge on any atom is -0.495 e. The molecule has 1 aliphatic heterocycles. The van der Waals surface area contributed by atoms with E-state index in [2.05, 4.69) is 10.2 Å². The van der Waals surface area contributed by atoms with E-state index in [-0.39, 0.29) is 11.9 Å². The molecule has 1 aromatic rings. The maximum atomic E-state index is 12.5. The Morgan fingerprint density at radius 2 is 1.90 bits per heavy atom. The van der Waals surface area contributed by atoms with Gasteiger partial charge >= 0.3 is 0 Å². The highest BCUT2D eigenvalue weighted by Crippen LogP contribution is 2.25. The molecule has 116 valence electrons. The normalized spacial score (nSPS) is 17.9. The lowest BCUT2D eigenvalue weighted by atomic mass is 10.2. The number of amides is 1. The van der Waals surface area contributed by atoms with E-state index in [1.807, 2.05) is 32.0 Å². The molecule has 0 bridgehead atoms. The zero-order valence-electron chi connectivity index (χ0n) is 13.3. The molecule has 1 N–H and O–H groups in total. The van der Waals surface area contributed by atoms with Crippen LogP contribution in [-0.2, 0) is 4.79 Å². The number of hydrogen-bond donors (Lipinski definition) is 1. The summed E-state index contributed by atoms with van der Waals surface area (Å²) in [5, 5.41) is 3.01. The van der Waals surface area contributed by atoms with Crippen LogP contribution >= 0.6 is 0 Å². The van der Waals surface area contributed by atoms with Gasteiger partial charge in [0.1, 0.15) is 5.75 Å². The van der Waals surface area contributed by atoms with Crippen LogP contribution in [-0.4, -0.2) is 37.0 Å². The molecule has 1 aliphatic rings. The van der Waals surface area contributed by atoms with Gasteiger partial charge < -0.3 is 10.1 Å². The molecule has 4 heteroatoms. The third kappa shape index (κ3) is 4.21. The third-order valence-electron chi connectivity index (χ3n) is 4.18. The molecular weight excluding hydrogens is 264 g/mol. The van der Waals surface area contributed by atoms with Crippen LogP contribution in [0.5, 0.6) is 5.75 Å². The first-order chi connectivity index (χ1) is 10.1. The van der Waals surface area contributed by atoms with Crippen LogP contribution in [0.15, 0.2) is 18.2 Å². The standard InChI is InChI=1S/C17H26N2O2/c1-13-8-9-16(21-3)15(12-13)18-17(20)14(2)19-10-6-4-5-7-11-19/h8-9,12,14H,4-7,10-11H2,1-3H3,(H,18,20)/t14-/m1/s1. The molecule has 1 heterocycles. The van der Waals surface area contributed by atoms with E-state index >= 15 is 0 Å². The summed E-state index contributed by atoms with van der Waals surface area (Å²) in [6.45, 7) is 6.02. The first kappa shape index (κ1) is 15.8.